The third kappa shape index (κ3) is 8.93. The Morgan fingerprint density at radius 2 is 1.54 bits per heavy atom. The van der Waals surface area contributed by atoms with Gasteiger partial charge < -0.3 is 5.11 Å². The summed E-state index contributed by atoms with van der Waals surface area (Å²) >= 11 is 0. The van der Waals surface area contributed by atoms with Gasteiger partial charge in [0.15, 0.2) is 0 Å². The van der Waals surface area contributed by atoms with E-state index in [9.17, 15) is 0 Å². The zero-order valence-electron chi connectivity index (χ0n) is 8.90. The molecule has 4 heteroatoms. The normalized spacial score (nSPS) is 11.5. The van der Waals surface area contributed by atoms with Crippen LogP contribution in [0.15, 0.2) is 0 Å². The summed E-state index contributed by atoms with van der Waals surface area (Å²) in [6.07, 6.45) is 1.02. The van der Waals surface area contributed by atoms with Gasteiger partial charge in [-0.15, -0.1) is 0 Å². The maximum atomic E-state index is 8.69. The van der Waals surface area contributed by atoms with Crippen molar-refractivity contribution in [1.29, 1.82) is 0 Å². The molecule has 0 fully saturated rings. The predicted octanol–water partition coefficient (Wildman–Crippen LogP) is 2.20. The molecule has 0 saturated carbocycles. The highest BCUT2D eigenvalue weighted by atomic mass is 28.3. The molecule has 75 valence electrons. The predicted molar refractivity (Wildman–Crippen MR) is 64.7 cm³/mol. The summed E-state index contributed by atoms with van der Waals surface area (Å²) in [6, 6.07) is 6.81. The summed E-state index contributed by atoms with van der Waals surface area (Å²) in [7, 11) is 3.38. The van der Waals surface area contributed by atoms with E-state index in [1.807, 2.05) is 0 Å². The van der Waals surface area contributed by atoms with Crippen LogP contribution in [0.2, 0.25) is 43.3 Å². The molecule has 1 N–H and O–H groups in total. The number of hydrogen-bond acceptors (Lipinski definition) is 1. The van der Waals surface area contributed by atoms with Crippen LogP contribution < -0.4 is 0 Å². The first-order chi connectivity index (χ1) is 6.20. The maximum absolute atomic E-state index is 8.69. The van der Waals surface area contributed by atoms with Crippen molar-refractivity contribution in [3.05, 3.63) is 0 Å². The van der Waals surface area contributed by atoms with Gasteiger partial charge in [0.05, 0.1) is 0 Å². The third-order valence-electron chi connectivity index (χ3n) is 2.29. The average Bonchev–Trinajstić information content (AvgIpc) is 2.12. The van der Waals surface area contributed by atoms with Crippen LogP contribution in [-0.2, 0) is 0 Å². The molecule has 0 atom stereocenters. The molecule has 0 amide bonds. The summed E-state index contributed by atoms with van der Waals surface area (Å²) < 4.78 is 0. The van der Waals surface area contributed by atoms with Crippen molar-refractivity contribution in [3.63, 3.8) is 0 Å². The molecular weight excluding hydrogens is 208 g/mol. The summed E-state index contributed by atoms with van der Waals surface area (Å²) in [5, 5.41) is 8.69. The van der Waals surface area contributed by atoms with E-state index in [4.69, 9.17) is 5.11 Å². The molecule has 0 saturated heterocycles. The number of hydrogen-bond donors (Lipinski definition) is 1. The van der Waals surface area contributed by atoms with Crippen LogP contribution in [0.1, 0.15) is 6.42 Å². The standard InChI is InChI=1S/C9H21OSi3/c1-12(6-3-4-10)8-9-13(2)7-5-11/h10H,3-9H2,1-2H3. The first-order valence-corrected chi connectivity index (χ1v) is 10.6. The minimum absolute atomic E-state index is 0.0458. The Hall–Kier alpha value is 0.611. The van der Waals surface area contributed by atoms with E-state index in [1.54, 1.807) is 0 Å². The van der Waals surface area contributed by atoms with E-state index in [2.05, 4.69) is 23.3 Å². The van der Waals surface area contributed by atoms with E-state index in [1.165, 1.54) is 30.2 Å². The lowest BCUT2D eigenvalue weighted by Gasteiger charge is -2.11. The van der Waals surface area contributed by atoms with Crippen LogP contribution in [0.3, 0.4) is 0 Å². The Bertz CT molecular complexity index is 111. The van der Waals surface area contributed by atoms with E-state index >= 15 is 0 Å². The van der Waals surface area contributed by atoms with Gasteiger partial charge >= 0.3 is 0 Å². The molecule has 0 heterocycles. The average molecular weight is 230 g/mol. The molecule has 0 aliphatic heterocycles. The molecule has 0 rings (SSSR count). The molecule has 13 heavy (non-hydrogen) atoms. The Balaban J connectivity index is 3.29. The fourth-order valence-electron chi connectivity index (χ4n) is 1.27. The van der Waals surface area contributed by atoms with Crippen LogP contribution in [-0.4, -0.2) is 39.5 Å². The molecule has 5 radical (unpaired) electrons. The van der Waals surface area contributed by atoms with Crippen LogP contribution in [0.4, 0.5) is 0 Å². The molecular formula is C9H21OSi3. The lowest BCUT2D eigenvalue weighted by Crippen LogP contribution is -2.13. The minimum atomic E-state index is -0.116. The van der Waals surface area contributed by atoms with E-state index < -0.39 is 0 Å². The van der Waals surface area contributed by atoms with Gasteiger partial charge in [0.1, 0.15) is 0 Å². The van der Waals surface area contributed by atoms with Gasteiger partial charge in [-0.25, -0.2) is 0 Å². The van der Waals surface area contributed by atoms with Crippen molar-refractivity contribution >= 4 is 27.8 Å². The highest BCUT2D eigenvalue weighted by Crippen LogP contribution is 2.11. The summed E-state index contributed by atoms with van der Waals surface area (Å²) in [5.74, 6) is 0. The van der Waals surface area contributed by atoms with E-state index in [0.29, 0.717) is 6.61 Å². The SMILES string of the molecule is C[Si](CC[Si])CC[Si](C)CCCO. The van der Waals surface area contributed by atoms with Gasteiger partial charge in [0.25, 0.3) is 0 Å². The molecule has 0 spiro atoms. The van der Waals surface area contributed by atoms with Crippen LogP contribution in [0, 0.1) is 0 Å². The van der Waals surface area contributed by atoms with Crippen molar-refractivity contribution in [2.75, 3.05) is 6.61 Å². The topological polar surface area (TPSA) is 20.2 Å². The first kappa shape index (κ1) is 13.6. The molecule has 0 aromatic heterocycles. The molecule has 1 nitrogen and oxygen atoms in total. The summed E-state index contributed by atoms with van der Waals surface area (Å²) in [4.78, 5) is 0. The summed E-state index contributed by atoms with van der Waals surface area (Å²) in [5.41, 5.74) is 0. The molecule has 0 aliphatic carbocycles. The van der Waals surface area contributed by atoms with Gasteiger partial charge in [-0.1, -0.05) is 43.3 Å². The Labute approximate surface area is 89.6 Å². The monoisotopic (exact) mass is 229 g/mol. The Kier molecular flexibility index (Phi) is 9.61. The van der Waals surface area contributed by atoms with Crippen molar-refractivity contribution in [2.45, 2.75) is 49.7 Å². The fraction of sp³-hybridized carbons (Fsp3) is 1.00. The maximum Gasteiger partial charge on any atom is 0.0443 e. The highest BCUT2D eigenvalue weighted by Gasteiger charge is 2.08. The van der Waals surface area contributed by atoms with Crippen molar-refractivity contribution in [2.24, 2.45) is 0 Å². The van der Waals surface area contributed by atoms with Crippen molar-refractivity contribution in [1.82, 2.24) is 0 Å². The largest absolute Gasteiger partial charge is 0.396 e. The lowest BCUT2D eigenvalue weighted by atomic mass is 10.5. The van der Waals surface area contributed by atoms with Gasteiger partial charge in [-0.3, -0.25) is 0 Å². The zero-order chi connectivity index (χ0) is 10.1. The summed E-state index contributed by atoms with van der Waals surface area (Å²) in [6.45, 7) is 5.22. The van der Waals surface area contributed by atoms with Crippen molar-refractivity contribution < 1.29 is 5.11 Å². The smallest absolute Gasteiger partial charge is 0.0443 e. The number of rotatable bonds is 8. The van der Waals surface area contributed by atoms with Crippen LogP contribution >= 0.6 is 0 Å². The molecule has 0 aromatic carbocycles. The fourth-order valence-corrected chi connectivity index (χ4v) is 7.65. The van der Waals surface area contributed by atoms with Crippen LogP contribution in [0.25, 0.3) is 0 Å². The second-order valence-electron chi connectivity index (χ2n) is 3.74. The van der Waals surface area contributed by atoms with E-state index in [-0.39, 0.29) is 17.6 Å². The molecule has 0 unspecified atom stereocenters. The van der Waals surface area contributed by atoms with Crippen LogP contribution in [0.5, 0.6) is 0 Å². The van der Waals surface area contributed by atoms with E-state index in [0.717, 1.165) is 6.42 Å². The van der Waals surface area contributed by atoms with Crippen molar-refractivity contribution in [3.8, 4) is 0 Å². The molecule has 0 aromatic rings. The Morgan fingerprint density at radius 1 is 1.00 bits per heavy atom. The lowest BCUT2D eigenvalue weighted by molar-refractivity contribution is 0.294. The van der Waals surface area contributed by atoms with Gasteiger partial charge in [0, 0.05) is 34.4 Å². The van der Waals surface area contributed by atoms with Gasteiger partial charge in [-0.2, -0.15) is 0 Å². The molecule has 0 aliphatic rings. The minimum Gasteiger partial charge on any atom is -0.396 e. The second kappa shape index (κ2) is 9.18. The zero-order valence-corrected chi connectivity index (χ0v) is 11.9. The third-order valence-corrected chi connectivity index (χ3v) is 8.06. The van der Waals surface area contributed by atoms with Gasteiger partial charge in [0.2, 0.25) is 0 Å². The number of aliphatic hydroxyl groups is 1. The second-order valence-corrected chi connectivity index (χ2v) is 10.1. The molecule has 0 bridgehead atoms. The highest BCUT2D eigenvalue weighted by molar-refractivity contribution is 6.63. The van der Waals surface area contributed by atoms with Gasteiger partial charge in [-0.05, 0) is 6.42 Å². The first-order valence-electron chi connectivity index (χ1n) is 5.08. The quantitative estimate of drug-likeness (QED) is 0.633. The number of aliphatic hydroxyl groups excluding tert-OH is 1. The Morgan fingerprint density at radius 3 is 2.00 bits per heavy atom.